The second kappa shape index (κ2) is 15.4. The van der Waals surface area contributed by atoms with Crippen molar-refractivity contribution in [1.82, 2.24) is 9.80 Å². The molecule has 3 aliphatic rings. The number of piperidine rings is 1. The minimum absolute atomic E-state index is 0.0959. The zero-order valence-electron chi connectivity index (χ0n) is 29.7. The first-order valence-electron chi connectivity index (χ1n) is 18.2. The fourth-order valence-corrected chi connectivity index (χ4v) is 15.2. The molecule has 5 nitrogen and oxygen atoms in total. The van der Waals surface area contributed by atoms with Gasteiger partial charge in [0.15, 0.2) is 0 Å². The highest BCUT2D eigenvalue weighted by Crippen LogP contribution is 2.45. The van der Waals surface area contributed by atoms with Crippen LogP contribution >= 0.6 is 23.2 Å². The van der Waals surface area contributed by atoms with Crippen molar-refractivity contribution in [1.29, 1.82) is 0 Å². The van der Waals surface area contributed by atoms with Crippen molar-refractivity contribution >= 4 is 43.3 Å². The van der Waals surface area contributed by atoms with Crippen molar-refractivity contribution in [3.05, 3.63) is 57.6 Å². The molecule has 2 amide bonds. The number of halogens is 2. The van der Waals surface area contributed by atoms with Crippen molar-refractivity contribution in [3.63, 3.8) is 0 Å². The number of likely N-dealkylation sites (tertiary alicyclic amines) is 2. The number of carbonyl (C=O) groups excluding carboxylic acids is 2. The Hall–Kier alpha value is -1.86. The maximum atomic E-state index is 13.7. The molecule has 0 aromatic heterocycles. The number of hydrogen-bond donors (Lipinski definition) is 0. The Morgan fingerprint density at radius 3 is 1.89 bits per heavy atom. The van der Waals surface area contributed by atoms with Crippen molar-refractivity contribution in [2.75, 3.05) is 19.6 Å². The summed E-state index contributed by atoms with van der Waals surface area (Å²) in [6.45, 7) is 18.8. The van der Waals surface area contributed by atoms with Gasteiger partial charge < -0.3 is 14.2 Å². The van der Waals surface area contributed by atoms with Crippen LogP contribution in [0.25, 0.3) is 11.1 Å². The summed E-state index contributed by atoms with van der Waals surface area (Å²) in [5.74, 6) is 0.917. The van der Waals surface area contributed by atoms with Gasteiger partial charge in [0.2, 0.25) is 14.2 Å². The molecule has 8 heteroatoms. The highest BCUT2D eigenvalue weighted by atomic mass is 35.5. The molecule has 1 unspecified atom stereocenters. The molecule has 2 saturated heterocycles. The van der Waals surface area contributed by atoms with Gasteiger partial charge in [0.1, 0.15) is 0 Å². The molecule has 2 aliphatic heterocycles. The van der Waals surface area contributed by atoms with Crippen LogP contribution in [0, 0.1) is 11.8 Å². The SMILES string of the molecule is CC1CCN(C(=O)c2ccc(-c3cc(Cl)c(CC4CCN(C5CCC(O[Si](C(C)C)(C(C)C)C(C)C)CC5)C4=O)c(Cl)c3)cc2)CC1. The topological polar surface area (TPSA) is 49.9 Å². The summed E-state index contributed by atoms with van der Waals surface area (Å²) in [7, 11) is -1.91. The smallest absolute Gasteiger partial charge is 0.253 e. The van der Waals surface area contributed by atoms with E-state index in [1.807, 2.05) is 41.3 Å². The van der Waals surface area contributed by atoms with E-state index < -0.39 is 8.32 Å². The lowest BCUT2D eigenvalue weighted by atomic mass is 9.92. The van der Waals surface area contributed by atoms with Gasteiger partial charge in [0, 0.05) is 53.3 Å². The summed E-state index contributed by atoms with van der Waals surface area (Å²) >= 11 is 13.7. The number of rotatable bonds is 10. The van der Waals surface area contributed by atoms with Crippen molar-refractivity contribution in [3.8, 4) is 11.1 Å². The zero-order chi connectivity index (χ0) is 34.0. The van der Waals surface area contributed by atoms with E-state index >= 15 is 0 Å². The minimum atomic E-state index is -1.91. The highest BCUT2D eigenvalue weighted by molar-refractivity contribution is 6.77. The third kappa shape index (κ3) is 7.82. The highest BCUT2D eigenvalue weighted by Gasteiger charge is 2.47. The maximum absolute atomic E-state index is 13.7. The maximum Gasteiger partial charge on any atom is 0.253 e. The van der Waals surface area contributed by atoms with Gasteiger partial charge in [0.05, 0.1) is 0 Å². The van der Waals surface area contributed by atoms with Gasteiger partial charge in [-0.05, 0) is 115 Å². The van der Waals surface area contributed by atoms with Crippen LogP contribution in [-0.4, -0.2) is 61.7 Å². The van der Waals surface area contributed by atoms with Crippen LogP contribution in [0.15, 0.2) is 36.4 Å². The van der Waals surface area contributed by atoms with Crippen molar-refractivity contribution in [2.45, 2.75) is 129 Å². The van der Waals surface area contributed by atoms with Crippen LogP contribution in [0.3, 0.4) is 0 Å². The van der Waals surface area contributed by atoms with Gasteiger partial charge in [-0.3, -0.25) is 9.59 Å². The zero-order valence-corrected chi connectivity index (χ0v) is 32.2. The van der Waals surface area contributed by atoms with E-state index in [4.69, 9.17) is 27.6 Å². The molecule has 47 heavy (non-hydrogen) atoms. The largest absolute Gasteiger partial charge is 0.413 e. The monoisotopic (exact) mass is 698 g/mol. The number of carbonyl (C=O) groups is 2. The molecule has 5 rings (SSSR count). The van der Waals surface area contributed by atoms with Crippen LogP contribution in [0.1, 0.15) is 109 Å². The lowest BCUT2D eigenvalue weighted by Crippen LogP contribution is -2.51. The van der Waals surface area contributed by atoms with Crippen LogP contribution in [0.5, 0.6) is 0 Å². The van der Waals surface area contributed by atoms with E-state index in [0.717, 1.165) is 81.3 Å². The Bertz CT molecular complexity index is 1350. The van der Waals surface area contributed by atoms with Crippen LogP contribution < -0.4 is 0 Å². The molecule has 1 atom stereocenters. The first-order chi connectivity index (χ1) is 22.3. The fourth-order valence-electron chi connectivity index (χ4n) is 8.90. The molecular formula is C39H56Cl2N2O3Si. The molecule has 0 bridgehead atoms. The van der Waals surface area contributed by atoms with Gasteiger partial charge >= 0.3 is 0 Å². The predicted molar refractivity (Wildman–Crippen MR) is 198 cm³/mol. The molecule has 2 aromatic rings. The van der Waals surface area contributed by atoms with E-state index in [9.17, 15) is 9.59 Å². The Morgan fingerprint density at radius 1 is 0.809 bits per heavy atom. The van der Waals surface area contributed by atoms with Crippen LogP contribution in [0.2, 0.25) is 26.7 Å². The van der Waals surface area contributed by atoms with Gasteiger partial charge in [-0.2, -0.15) is 0 Å². The van der Waals surface area contributed by atoms with Crippen molar-refractivity contribution < 1.29 is 14.0 Å². The summed E-state index contributed by atoms with van der Waals surface area (Å²) < 4.78 is 7.10. The van der Waals surface area contributed by atoms with Crippen LogP contribution in [0.4, 0.5) is 0 Å². The number of nitrogens with zero attached hydrogens (tertiary/aromatic N) is 2. The summed E-state index contributed by atoms with van der Waals surface area (Å²) in [6, 6.07) is 11.9. The Labute approximate surface area is 294 Å². The minimum Gasteiger partial charge on any atom is -0.413 e. The molecule has 0 radical (unpaired) electrons. The summed E-state index contributed by atoms with van der Waals surface area (Å²) in [6.07, 6.45) is 7.91. The first-order valence-corrected chi connectivity index (χ1v) is 21.1. The molecule has 0 N–H and O–H groups in total. The van der Waals surface area contributed by atoms with Crippen molar-refractivity contribution in [2.24, 2.45) is 11.8 Å². The Balaban J connectivity index is 1.18. The molecule has 0 spiro atoms. The Morgan fingerprint density at radius 2 is 1.36 bits per heavy atom. The normalized spacial score (nSPS) is 23.1. The molecule has 2 aromatic carbocycles. The van der Waals surface area contributed by atoms with E-state index in [2.05, 4.69) is 53.4 Å². The Kier molecular flexibility index (Phi) is 11.9. The van der Waals surface area contributed by atoms with E-state index in [1.54, 1.807) is 0 Å². The number of amides is 2. The summed E-state index contributed by atoms with van der Waals surface area (Å²) in [5, 5.41) is 1.18. The molecule has 258 valence electrons. The van der Waals surface area contributed by atoms with Gasteiger partial charge in [0.25, 0.3) is 5.91 Å². The molecular weight excluding hydrogens is 643 g/mol. The van der Waals surface area contributed by atoms with Gasteiger partial charge in [-0.15, -0.1) is 0 Å². The number of benzene rings is 2. The summed E-state index contributed by atoms with van der Waals surface area (Å²) in [4.78, 5) is 30.8. The molecule has 1 aliphatic carbocycles. The fraction of sp³-hybridized carbons (Fsp3) is 0.641. The van der Waals surface area contributed by atoms with E-state index in [1.165, 1.54) is 0 Å². The first kappa shape index (κ1) is 36.4. The van der Waals surface area contributed by atoms with Crippen LogP contribution in [-0.2, 0) is 15.6 Å². The van der Waals surface area contributed by atoms with Gasteiger partial charge in [-0.25, -0.2) is 0 Å². The predicted octanol–water partition coefficient (Wildman–Crippen LogP) is 10.4. The van der Waals surface area contributed by atoms with Gasteiger partial charge in [-0.1, -0.05) is 83.8 Å². The van der Waals surface area contributed by atoms with E-state index in [-0.39, 0.29) is 17.7 Å². The molecule has 2 heterocycles. The average Bonchev–Trinajstić information content (AvgIpc) is 3.40. The lowest BCUT2D eigenvalue weighted by molar-refractivity contribution is -0.133. The quantitative estimate of drug-likeness (QED) is 0.232. The third-order valence-corrected chi connectivity index (χ3v) is 18.5. The second-order valence-corrected chi connectivity index (χ2v) is 21.8. The lowest BCUT2D eigenvalue weighted by Gasteiger charge is -2.46. The summed E-state index contributed by atoms with van der Waals surface area (Å²) in [5.41, 5.74) is 5.17. The average molecular weight is 700 g/mol. The number of hydrogen-bond acceptors (Lipinski definition) is 3. The van der Waals surface area contributed by atoms with E-state index in [0.29, 0.717) is 56.7 Å². The second-order valence-electron chi connectivity index (χ2n) is 15.6. The standard InChI is InChI=1S/C39H56Cl2N2O3Si/c1-25(2)47(26(3)4,27(5)6)46-34-14-12-33(13-15-34)43-21-18-31(39(43)45)22-35-36(40)23-32(24-37(35)41)29-8-10-30(11-9-29)38(44)42-19-16-28(7)17-20-42/h8-11,23-28,31,33-34H,12-22H2,1-7H3. The molecule has 3 fully saturated rings. The third-order valence-electron chi connectivity index (χ3n) is 11.6. The molecule has 1 saturated carbocycles.